The Balaban J connectivity index is 2.90. The van der Waals surface area contributed by atoms with E-state index in [2.05, 4.69) is 30.4 Å². The summed E-state index contributed by atoms with van der Waals surface area (Å²) in [7, 11) is 1.80. The van der Waals surface area contributed by atoms with Crippen molar-refractivity contribution in [2.45, 2.75) is 26.7 Å². The van der Waals surface area contributed by atoms with Gasteiger partial charge in [0.15, 0.2) is 0 Å². The highest BCUT2D eigenvalue weighted by molar-refractivity contribution is 6.14. The Morgan fingerprint density at radius 1 is 1.42 bits per heavy atom. The number of H-pyrrole nitrogens is 1. The summed E-state index contributed by atoms with van der Waals surface area (Å²) < 4.78 is 13.6. The summed E-state index contributed by atoms with van der Waals surface area (Å²) in [5, 5.41) is 1.02. The van der Waals surface area contributed by atoms with Crippen molar-refractivity contribution in [3.63, 3.8) is 0 Å². The number of nitrogens with one attached hydrogen (secondary N) is 1. The minimum Gasteiger partial charge on any atom is -0.358 e. The molecule has 3 heteroatoms. The smallest absolute Gasteiger partial charge is 0.125 e. The molecule has 2 aromatic rings. The summed E-state index contributed by atoms with van der Waals surface area (Å²) in [4.78, 5) is 7.68. The molecule has 1 aromatic heterocycles. The summed E-state index contributed by atoms with van der Waals surface area (Å²) in [6.07, 6.45) is 3.41. The van der Waals surface area contributed by atoms with Crippen molar-refractivity contribution in [3.05, 3.63) is 41.3 Å². The van der Waals surface area contributed by atoms with E-state index in [-0.39, 0.29) is 5.82 Å². The number of aromatic nitrogens is 1. The van der Waals surface area contributed by atoms with Crippen molar-refractivity contribution in [2.24, 2.45) is 4.99 Å². The maximum absolute atomic E-state index is 13.6. The third-order valence-corrected chi connectivity index (χ3v) is 3.44. The van der Waals surface area contributed by atoms with Crippen molar-refractivity contribution >= 4 is 22.7 Å². The third kappa shape index (κ3) is 2.21. The van der Waals surface area contributed by atoms with Gasteiger partial charge in [0.05, 0.1) is 0 Å². The topological polar surface area (TPSA) is 28.1 Å². The van der Waals surface area contributed by atoms with E-state index in [1.165, 1.54) is 12.1 Å². The highest BCUT2D eigenvalue weighted by Gasteiger charge is 2.17. The number of aryl methyl sites for hydroxylation is 1. The highest BCUT2D eigenvalue weighted by Crippen LogP contribution is 2.29. The number of hydrogen-bond acceptors (Lipinski definition) is 1. The van der Waals surface area contributed by atoms with Gasteiger partial charge >= 0.3 is 0 Å². The molecule has 19 heavy (non-hydrogen) atoms. The van der Waals surface area contributed by atoms with Crippen molar-refractivity contribution < 1.29 is 4.39 Å². The van der Waals surface area contributed by atoms with Crippen LogP contribution < -0.4 is 0 Å². The first-order valence-corrected chi connectivity index (χ1v) is 6.58. The summed E-state index contributed by atoms with van der Waals surface area (Å²) >= 11 is 0. The minimum absolute atomic E-state index is 0.246. The Labute approximate surface area is 113 Å². The van der Waals surface area contributed by atoms with Gasteiger partial charge in [-0.15, -0.1) is 0 Å². The molecular weight excluding hydrogens is 239 g/mol. The van der Waals surface area contributed by atoms with Crippen LogP contribution in [-0.2, 0) is 6.42 Å². The molecule has 0 bridgehead atoms. The van der Waals surface area contributed by atoms with Crippen LogP contribution in [0.25, 0.3) is 17.0 Å². The van der Waals surface area contributed by atoms with Crippen LogP contribution in [0.2, 0.25) is 0 Å². The Bertz CT molecular complexity index is 650. The zero-order chi connectivity index (χ0) is 14.0. The number of aliphatic imine (C=N–C) groups is 1. The Morgan fingerprint density at radius 3 is 2.68 bits per heavy atom. The monoisotopic (exact) mass is 258 g/mol. The molecule has 0 aliphatic carbocycles. The molecule has 1 N–H and O–H groups in total. The maximum atomic E-state index is 13.6. The number of aromatic amines is 1. The van der Waals surface area contributed by atoms with Crippen molar-refractivity contribution in [1.29, 1.82) is 0 Å². The summed E-state index contributed by atoms with van der Waals surface area (Å²) in [6, 6.07) is 3.06. The van der Waals surface area contributed by atoms with E-state index in [4.69, 9.17) is 0 Å². The number of rotatable bonds is 4. The fourth-order valence-corrected chi connectivity index (χ4v) is 2.57. The fourth-order valence-electron chi connectivity index (χ4n) is 2.57. The molecule has 100 valence electrons. The average Bonchev–Trinajstić information content (AvgIpc) is 2.78. The highest BCUT2D eigenvalue weighted by atomic mass is 19.1. The molecule has 1 heterocycles. The summed E-state index contributed by atoms with van der Waals surface area (Å²) in [6.45, 7) is 7.95. The van der Waals surface area contributed by atoms with Crippen LogP contribution in [0.4, 0.5) is 4.39 Å². The van der Waals surface area contributed by atoms with Gasteiger partial charge in [-0.25, -0.2) is 4.39 Å². The molecule has 0 amide bonds. The lowest BCUT2D eigenvalue weighted by Crippen LogP contribution is -2.02. The first-order chi connectivity index (χ1) is 9.15. The third-order valence-electron chi connectivity index (χ3n) is 3.44. The van der Waals surface area contributed by atoms with Crippen LogP contribution in [0, 0.1) is 5.82 Å². The SMILES string of the molecule is C=Cc1cc(F)cc2[nH]c(CC)c(/C(CC)=N\C)c12. The van der Waals surface area contributed by atoms with Gasteiger partial charge in [-0.05, 0) is 30.5 Å². The van der Waals surface area contributed by atoms with Crippen molar-refractivity contribution in [3.8, 4) is 0 Å². The Morgan fingerprint density at radius 2 is 2.16 bits per heavy atom. The number of hydrogen-bond donors (Lipinski definition) is 1. The molecule has 2 rings (SSSR count). The second-order valence-electron chi connectivity index (χ2n) is 4.48. The molecule has 0 spiro atoms. The second-order valence-corrected chi connectivity index (χ2v) is 4.48. The molecule has 1 aromatic carbocycles. The Kier molecular flexibility index (Phi) is 3.84. The molecule has 0 fully saturated rings. The predicted octanol–water partition coefficient (Wildman–Crippen LogP) is 4.34. The fraction of sp³-hybridized carbons (Fsp3) is 0.312. The first-order valence-electron chi connectivity index (χ1n) is 6.58. The Hall–Kier alpha value is -1.90. The van der Waals surface area contributed by atoms with Gasteiger partial charge < -0.3 is 4.98 Å². The van der Waals surface area contributed by atoms with Gasteiger partial charge in [0.2, 0.25) is 0 Å². The summed E-state index contributed by atoms with van der Waals surface area (Å²) in [5.41, 5.74) is 4.88. The molecule has 0 saturated carbocycles. The van der Waals surface area contributed by atoms with E-state index in [0.29, 0.717) is 0 Å². The first kappa shape index (κ1) is 13.5. The number of fused-ring (bicyclic) bond motifs is 1. The second kappa shape index (κ2) is 5.39. The van der Waals surface area contributed by atoms with Crippen LogP contribution in [0.3, 0.4) is 0 Å². The van der Waals surface area contributed by atoms with Crippen molar-refractivity contribution in [2.75, 3.05) is 7.05 Å². The average molecular weight is 258 g/mol. The molecular formula is C16H19FN2. The summed E-state index contributed by atoms with van der Waals surface area (Å²) in [5.74, 6) is -0.246. The maximum Gasteiger partial charge on any atom is 0.125 e. The normalized spacial score (nSPS) is 12.1. The molecule has 0 aliphatic rings. The lowest BCUT2D eigenvalue weighted by Gasteiger charge is -2.06. The van der Waals surface area contributed by atoms with Gasteiger partial charge in [-0.2, -0.15) is 0 Å². The quantitative estimate of drug-likeness (QED) is 0.790. The minimum atomic E-state index is -0.246. The van der Waals surface area contributed by atoms with Crippen LogP contribution in [-0.4, -0.2) is 17.7 Å². The van der Waals surface area contributed by atoms with E-state index in [1.54, 1.807) is 13.1 Å². The number of benzene rings is 1. The molecule has 2 nitrogen and oxygen atoms in total. The van der Waals surface area contributed by atoms with E-state index in [0.717, 1.165) is 46.3 Å². The zero-order valence-corrected chi connectivity index (χ0v) is 11.7. The standard InChI is InChI=1S/C16H19FN2/c1-5-10-8-11(17)9-14-15(10)16(12(6-2)18-4)13(7-3)19-14/h5,8-9,19H,1,6-7H2,2-4H3/b18-12-. The van der Waals surface area contributed by atoms with Crippen molar-refractivity contribution in [1.82, 2.24) is 4.98 Å². The molecule has 0 atom stereocenters. The van der Waals surface area contributed by atoms with Gasteiger partial charge in [0, 0.05) is 34.9 Å². The van der Waals surface area contributed by atoms with E-state index in [1.807, 2.05) is 0 Å². The van der Waals surface area contributed by atoms with Gasteiger partial charge in [0.1, 0.15) is 5.82 Å². The number of nitrogens with zero attached hydrogens (tertiary/aromatic N) is 1. The van der Waals surface area contributed by atoms with Crippen LogP contribution in [0.1, 0.15) is 37.1 Å². The zero-order valence-electron chi connectivity index (χ0n) is 11.7. The van der Waals surface area contributed by atoms with E-state index >= 15 is 0 Å². The van der Waals surface area contributed by atoms with Crippen LogP contribution >= 0.6 is 0 Å². The van der Waals surface area contributed by atoms with Gasteiger partial charge in [0.25, 0.3) is 0 Å². The van der Waals surface area contributed by atoms with E-state index < -0.39 is 0 Å². The largest absolute Gasteiger partial charge is 0.358 e. The van der Waals surface area contributed by atoms with Crippen LogP contribution in [0.5, 0.6) is 0 Å². The molecule has 0 saturated heterocycles. The molecule has 0 unspecified atom stereocenters. The lowest BCUT2D eigenvalue weighted by atomic mass is 9.98. The molecule has 0 radical (unpaired) electrons. The number of halogens is 1. The molecule has 0 aliphatic heterocycles. The van der Waals surface area contributed by atoms with Crippen LogP contribution in [0.15, 0.2) is 23.7 Å². The van der Waals surface area contributed by atoms with Gasteiger partial charge in [-0.1, -0.05) is 26.5 Å². The van der Waals surface area contributed by atoms with Gasteiger partial charge in [-0.3, -0.25) is 4.99 Å². The lowest BCUT2D eigenvalue weighted by molar-refractivity contribution is 0.629. The van der Waals surface area contributed by atoms with E-state index in [9.17, 15) is 4.39 Å². The predicted molar refractivity (Wildman–Crippen MR) is 80.5 cm³/mol.